The van der Waals surface area contributed by atoms with E-state index in [1.54, 1.807) is 0 Å². The van der Waals surface area contributed by atoms with Gasteiger partial charge in [-0.1, -0.05) is 121 Å². The van der Waals surface area contributed by atoms with Crippen LogP contribution in [0.15, 0.2) is 162 Å². The minimum atomic E-state index is 0.771. The molecule has 0 aliphatic heterocycles. The van der Waals surface area contributed by atoms with Gasteiger partial charge in [0.15, 0.2) is 11.4 Å². The first-order valence-corrected chi connectivity index (χ1v) is 18.0. The molecule has 0 saturated carbocycles. The van der Waals surface area contributed by atoms with E-state index >= 15 is 0 Å². The smallest absolute Gasteiger partial charge is 0.165 e. The number of benzene rings is 8. The molecule has 0 aliphatic rings. The van der Waals surface area contributed by atoms with Crippen LogP contribution in [0.4, 0.5) is 0 Å². The molecule has 0 N–H and O–H groups in total. The quantitative estimate of drug-likeness (QED) is 0.172. The minimum absolute atomic E-state index is 0.771. The van der Waals surface area contributed by atoms with Crippen LogP contribution in [-0.4, -0.2) is 18.9 Å². The predicted octanol–water partition coefficient (Wildman–Crippen LogP) is 12.6. The van der Waals surface area contributed by atoms with Crippen LogP contribution >= 0.6 is 0 Å². The summed E-state index contributed by atoms with van der Waals surface area (Å²) in [5.41, 5.74) is 10.9. The maximum absolute atomic E-state index is 6.95. The zero-order valence-electron chi connectivity index (χ0n) is 28.2. The summed E-state index contributed by atoms with van der Waals surface area (Å²) in [4.78, 5) is 11.1. The molecule has 0 fully saturated rings. The summed E-state index contributed by atoms with van der Waals surface area (Å²) in [6.07, 6.45) is 0. The summed E-state index contributed by atoms with van der Waals surface area (Å²) < 4.78 is 11.8. The topological polar surface area (TPSA) is 48.3 Å². The van der Waals surface area contributed by atoms with Crippen molar-refractivity contribution in [1.82, 2.24) is 18.9 Å². The van der Waals surface area contributed by atoms with E-state index in [9.17, 15) is 0 Å². The number of hydrogen-bond donors (Lipinski definition) is 0. The van der Waals surface area contributed by atoms with Crippen LogP contribution in [0.2, 0.25) is 0 Å². The molecule has 5 aromatic heterocycles. The lowest BCUT2D eigenvalue weighted by molar-refractivity contribution is 0.671. The van der Waals surface area contributed by atoms with Crippen LogP contribution in [0, 0.1) is 0 Å². The fourth-order valence-electron chi connectivity index (χ4n) is 9.23. The molecule has 13 aromatic rings. The molecule has 244 valence electrons. The highest BCUT2D eigenvalue weighted by molar-refractivity contribution is 6.36. The van der Waals surface area contributed by atoms with Gasteiger partial charge in [-0.3, -0.25) is 4.57 Å². The van der Waals surface area contributed by atoms with Gasteiger partial charge in [0.1, 0.15) is 11.3 Å². The Hall–Kier alpha value is -7.24. The summed E-state index contributed by atoms with van der Waals surface area (Å²) >= 11 is 0. The van der Waals surface area contributed by atoms with Gasteiger partial charge in [-0.2, -0.15) is 0 Å². The van der Waals surface area contributed by atoms with Crippen LogP contribution in [0.25, 0.3) is 121 Å². The van der Waals surface area contributed by atoms with Crippen molar-refractivity contribution in [2.24, 2.45) is 0 Å². The Morgan fingerprint density at radius 1 is 0.453 bits per heavy atom. The number of rotatable bonds is 2. The van der Waals surface area contributed by atoms with Gasteiger partial charge in [-0.05, 0) is 47.2 Å². The van der Waals surface area contributed by atoms with Gasteiger partial charge in [-0.25, -0.2) is 9.97 Å². The number of nitrogens with zero attached hydrogens (tertiary/aromatic N) is 4. The summed E-state index contributed by atoms with van der Waals surface area (Å²) in [5.74, 6) is 0.771. The number of para-hydroxylation sites is 3. The van der Waals surface area contributed by atoms with E-state index in [0.29, 0.717) is 0 Å². The van der Waals surface area contributed by atoms with E-state index in [1.807, 2.05) is 12.1 Å². The van der Waals surface area contributed by atoms with E-state index < -0.39 is 0 Å². The van der Waals surface area contributed by atoms with Crippen molar-refractivity contribution in [2.45, 2.75) is 0 Å². The highest BCUT2D eigenvalue weighted by Crippen LogP contribution is 2.48. The van der Waals surface area contributed by atoms with Crippen LogP contribution < -0.4 is 0 Å². The van der Waals surface area contributed by atoms with Crippen LogP contribution in [0.5, 0.6) is 0 Å². The molecular formula is C48H26N4O. The first-order chi connectivity index (χ1) is 26.3. The molecule has 0 aliphatic carbocycles. The SMILES string of the molecule is c1ccc(-c2nc3ccc4ccccc4c3nc2-n2c3cccc4c3c3c(cc5c6ccccc6oc5c32)c2cccc3c5ccccc5n4c23)cc1. The molecule has 13 rings (SSSR count). The van der Waals surface area contributed by atoms with Gasteiger partial charge in [0.05, 0.1) is 38.6 Å². The first-order valence-electron chi connectivity index (χ1n) is 18.0. The molecule has 0 unspecified atom stereocenters. The third-order valence-corrected chi connectivity index (χ3v) is 11.4. The number of hydrogen-bond acceptors (Lipinski definition) is 3. The molecule has 53 heavy (non-hydrogen) atoms. The highest BCUT2D eigenvalue weighted by Gasteiger charge is 2.28. The van der Waals surface area contributed by atoms with Crippen LogP contribution in [0.3, 0.4) is 0 Å². The first kappa shape index (κ1) is 27.5. The Balaban J connectivity index is 1.36. The second-order valence-electron chi connectivity index (χ2n) is 14.1. The Morgan fingerprint density at radius 2 is 1.15 bits per heavy atom. The third-order valence-electron chi connectivity index (χ3n) is 11.4. The lowest BCUT2D eigenvalue weighted by atomic mass is 10.0. The molecule has 5 nitrogen and oxygen atoms in total. The maximum Gasteiger partial charge on any atom is 0.165 e. The van der Waals surface area contributed by atoms with E-state index in [2.05, 4.69) is 155 Å². The molecular weight excluding hydrogens is 649 g/mol. The molecule has 0 atom stereocenters. The van der Waals surface area contributed by atoms with Crippen LogP contribution in [0.1, 0.15) is 0 Å². The maximum atomic E-state index is 6.95. The Morgan fingerprint density at radius 3 is 2.06 bits per heavy atom. The standard InChI is InChI=1S/C48H26N4O/c1-2-13-28(14-3-1)43-48(50-44-29-15-5-4-12-27(29)24-25-36(44)49-43)52-39-22-11-21-38-42(39)41-34(26-35-31-17-7-9-23-40(31)53-47(35)46(41)52)33-19-10-18-32-30-16-6-8-20-37(30)51(38)45(32)33/h1-26H. The van der Waals surface area contributed by atoms with E-state index in [4.69, 9.17) is 14.4 Å². The molecule has 0 saturated heterocycles. The number of furan rings is 1. The van der Waals surface area contributed by atoms with Gasteiger partial charge >= 0.3 is 0 Å². The second-order valence-corrected chi connectivity index (χ2v) is 14.1. The van der Waals surface area contributed by atoms with Crippen molar-refractivity contribution in [2.75, 3.05) is 0 Å². The fourth-order valence-corrected chi connectivity index (χ4v) is 9.23. The van der Waals surface area contributed by atoms with E-state index in [0.717, 1.165) is 88.1 Å². The summed E-state index contributed by atoms with van der Waals surface area (Å²) in [6, 6.07) is 56.1. The second kappa shape index (κ2) is 9.75. The average Bonchev–Trinajstić information content (AvgIpc) is 3.86. The molecule has 0 spiro atoms. The number of fused-ring (bicyclic) bond motifs is 12. The van der Waals surface area contributed by atoms with E-state index in [-0.39, 0.29) is 0 Å². The largest absolute Gasteiger partial charge is 0.454 e. The van der Waals surface area contributed by atoms with Crippen molar-refractivity contribution >= 4 is 104 Å². The van der Waals surface area contributed by atoms with Crippen molar-refractivity contribution in [3.63, 3.8) is 0 Å². The van der Waals surface area contributed by atoms with Gasteiger partial charge in [0.25, 0.3) is 0 Å². The minimum Gasteiger partial charge on any atom is -0.454 e. The van der Waals surface area contributed by atoms with E-state index in [1.165, 1.54) is 32.6 Å². The molecule has 0 radical (unpaired) electrons. The van der Waals surface area contributed by atoms with Gasteiger partial charge in [0, 0.05) is 48.7 Å². The van der Waals surface area contributed by atoms with Gasteiger partial charge in [0.2, 0.25) is 0 Å². The summed E-state index contributed by atoms with van der Waals surface area (Å²) in [7, 11) is 0. The van der Waals surface area contributed by atoms with Crippen molar-refractivity contribution in [1.29, 1.82) is 0 Å². The normalized spacial score (nSPS) is 12.5. The Labute approximate surface area is 300 Å². The van der Waals surface area contributed by atoms with Crippen molar-refractivity contribution in [3.05, 3.63) is 158 Å². The molecule has 8 aromatic carbocycles. The summed E-state index contributed by atoms with van der Waals surface area (Å²) in [5, 5.41) is 11.6. The zero-order valence-corrected chi connectivity index (χ0v) is 28.2. The average molecular weight is 675 g/mol. The Kier molecular flexibility index (Phi) is 5.06. The van der Waals surface area contributed by atoms with Gasteiger partial charge in [-0.15, -0.1) is 0 Å². The molecule has 5 heterocycles. The fraction of sp³-hybridized carbons (Fsp3) is 0. The van der Waals surface area contributed by atoms with Crippen LogP contribution in [-0.2, 0) is 0 Å². The summed E-state index contributed by atoms with van der Waals surface area (Å²) in [6.45, 7) is 0. The highest BCUT2D eigenvalue weighted by atomic mass is 16.3. The molecule has 5 heteroatoms. The number of aromatic nitrogens is 4. The van der Waals surface area contributed by atoms with Crippen molar-refractivity contribution < 1.29 is 4.42 Å². The molecule has 0 amide bonds. The lowest BCUT2D eigenvalue weighted by Gasteiger charge is -2.15. The predicted molar refractivity (Wildman–Crippen MR) is 219 cm³/mol. The molecule has 0 bridgehead atoms. The zero-order chi connectivity index (χ0) is 34.4. The van der Waals surface area contributed by atoms with Crippen molar-refractivity contribution in [3.8, 4) is 17.1 Å². The Bertz CT molecular complexity index is 3680. The van der Waals surface area contributed by atoms with Gasteiger partial charge < -0.3 is 8.82 Å². The monoisotopic (exact) mass is 674 g/mol. The lowest BCUT2D eigenvalue weighted by Crippen LogP contribution is -2.04. The third kappa shape index (κ3) is 3.42.